The van der Waals surface area contributed by atoms with Crippen molar-refractivity contribution in [2.24, 2.45) is 5.92 Å². The van der Waals surface area contributed by atoms with Crippen LogP contribution < -0.4 is 5.32 Å². The van der Waals surface area contributed by atoms with Gasteiger partial charge >= 0.3 is 0 Å². The summed E-state index contributed by atoms with van der Waals surface area (Å²) in [5.41, 5.74) is 0.426. The van der Waals surface area contributed by atoms with Gasteiger partial charge in [-0.05, 0) is 6.08 Å². The van der Waals surface area contributed by atoms with Gasteiger partial charge < -0.3 is 10.1 Å². The first-order valence-corrected chi connectivity index (χ1v) is 3.80. The van der Waals surface area contributed by atoms with Crippen LogP contribution in [0.25, 0.3) is 0 Å². The predicted molar refractivity (Wildman–Crippen MR) is 45.6 cm³/mol. The Morgan fingerprint density at radius 1 is 1.62 bits per heavy atom. The number of amides is 1. The van der Waals surface area contributed by atoms with Gasteiger partial charge in [-0.25, -0.2) is 0 Å². The quantitative estimate of drug-likeness (QED) is 0.478. The van der Waals surface area contributed by atoms with Crippen molar-refractivity contribution in [2.45, 2.75) is 6.92 Å². The van der Waals surface area contributed by atoms with Gasteiger partial charge in [0.05, 0.1) is 5.92 Å². The first-order valence-electron chi connectivity index (χ1n) is 3.80. The highest BCUT2D eigenvalue weighted by molar-refractivity contribution is 6.04. The molecule has 0 spiro atoms. The first kappa shape index (κ1) is 9.38. The van der Waals surface area contributed by atoms with Gasteiger partial charge in [0, 0.05) is 18.7 Å². The van der Waals surface area contributed by atoms with Crippen molar-refractivity contribution in [3.8, 4) is 0 Å². The van der Waals surface area contributed by atoms with Crippen LogP contribution in [0.4, 0.5) is 0 Å². The number of aldehydes is 1. The number of hydrogen-bond acceptors (Lipinski definition) is 3. The fourth-order valence-corrected chi connectivity index (χ4v) is 0.993. The molecule has 1 atom stereocenters. The lowest BCUT2D eigenvalue weighted by atomic mass is 10.00. The molecule has 0 aromatic rings. The van der Waals surface area contributed by atoms with Crippen molar-refractivity contribution in [1.82, 2.24) is 5.32 Å². The maximum Gasteiger partial charge on any atom is 0.221 e. The summed E-state index contributed by atoms with van der Waals surface area (Å²) in [5, 5.41) is 2.46. The Bertz CT molecular complexity index is 315. The molecule has 0 aliphatic heterocycles. The fraction of sp³-hybridized carbons (Fsp3) is 0.222. The minimum absolute atomic E-state index is 0.242. The molecular weight excluding hydrogens is 170 g/mol. The maximum atomic E-state index is 11.1. The van der Waals surface area contributed by atoms with Crippen molar-refractivity contribution in [3.63, 3.8) is 0 Å². The van der Waals surface area contributed by atoms with E-state index in [9.17, 15) is 14.4 Å². The Morgan fingerprint density at radius 3 is 2.77 bits per heavy atom. The second-order valence-electron chi connectivity index (χ2n) is 2.70. The van der Waals surface area contributed by atoms with E-state index in [0.717, 1.165) is 0 Å². The van der Waals surface area contributed by atoms with E-state index in [1.54, 1.807) is 6.08 Å². The van der Waals surface area contributed by atoms with E-state index < -0.39 is 5.92 Å². The number of allylic oxidation sites excluding steroid dienone is 3. The molecule has 4 heteroatoms. The highest BCUT2D eigenvalue weighted by Crippen LogP contribution is 2.09. The van der Waals surface area contributed by atoms with Gasteiger partial charge in [-0.1, -0.05) is 6.08 Å². The Balaban J connectivity index is 2.73. The van der Waals surface area contributed by atoms with Crippen LogP contribution in [0, 0.1) is 5.92 Å². The Labute approximate surface area is 75.3 Å². The molecule has 0 aromatic carbocycles. The zero-order valence-electron chi connectivity index (χ0n) is 7.11. The molecule has 0 saturated heterocycles. The van der Waals surface area contributed by atoms with Crippen LogP contribution in [0.2, 0.25) is 0 Å². The molecular formula is C9H9NO3. The third kappa shape index (κ3) is 2.37. The van der Waals surface area contributed by atoms with Crippen LogP contribution >= 0.6 is 0 Å². The van der Waals surface area contributed by atoms with Gasteiger partial charge in [-0.3, -0.25) is 9.59 Å². The minimum atomic E-state index is -0.697. The van der Waals surface area contributed by atoms with Crippen LogP contribution in [-0.4, -0.2) is 18.0 Å². The van der Waals surface area contributed by atoms with E-state index in [2.05, 4.69) is 5.32 Å². The van der Waals surface area contributed by atoms with Crippen molar-refractivity contribution < 1.29 is 14.4 Å². The van der Waals surface area contributed by atoms with Gasteiger partial charge in [0.1, 0.15) is 6.29 Å². The van der Waals surface area contributed by atoms with Crippen molar-refractivity contribution in [2.75, 3.05) is 0 Å². The number of ketones is 1. The Morgan fingerprint density at radius 2 is 2.31 bits per heavy atom. The fourth-order valence-electron chi connectivity index (χ4n) is 0.993. The molecule has 1 aliphatic carbocycles. The normalized spacial score (nSPS) is 20.8. The zero-order valence-corrected chi connectivity index (χ0v) is 7.11. The molecule has 0 radical (unpaired) electrons. The molecule has 1 N–H and O–H groups in total. The molecule has 1 unspecified atom stereocenters. The topological polar surface area (TPSA) is 63.2 Å². The molecule has 0 saturated carbocycles. The van der Waals surface area contributed by atoms with E-state index in [4.69, 9.17) is 0 Å². The van der Waals surface area contributed by atoms with Gasteiger partial charge in [0.15, 0.2) is 5.78 Å². The summed E-state index contributed by atoms with van der Waals surface area (Å²) in [4.78, 5) is 32.0. The molecule has 1 rings (SSSR count). The van der Waals surface area contributed by atoms with Crippen LogP contribution in [0.1, 0.15) is 6.92 Å². The van der Waals surface area contributed by atoms with Crippen LogP contribution in [0.3, 0.4) is 0 Å². The van der Waals surface area contributed by atoms with Gasteiger partial charge in [0.2, 0.25) is 5.91 Å². The summed E-state index contributed by atoms with van der Waals surface area (Å²) in [5.74, 6) is -1.24. The maximum absolute atomic E-state index is 11.1. The van der Waals surface area contributed by atoms with E-state index in [0.29, 0.717) is 12.0 Å². The van der Waals surface area contributed by atoms with E-state index in [-0.39, 0.29) is 11.7 Å². The molecule has 4 nitrogen and oxygen atoms in total. The molecule has 13 heavy (non-hydrogen) atoms. The highest BCUT2D eigenvalue weighted by Gasteiger charge is 2.16. The monoisotopic (exact) mass is 179 g/mol. The second-order valence-corrected chi connectivity index (χ2v) is 2.70. The van der Waals surface area contributed by atoms with Crippen molar-refractivity contribution >= 4 is 18.0 Å². The molecule has 1 aliphatic rings. The summed E-state index contributed by atoms with van der Waals surface area (Å²) in [6, 6.07) is 0. The van der Waals surface area contributed by atoms with Crippen LogP contribution in [-0.2, 0) is 14.4 Å². The lowest BCUT2D eigenvalue weighted by Gasteiger charge is -2.09. The largest absolute Gasteiger partial charge is 0.326 e. The number of hydrogen-bond donors (Lipinski definition) is 1. The van der Waals surface area contributed by atoms with Gasteiger partial charge in [-0.15, -0.1) is 0 Å². The lowest BCUT2D eigenvalue weighted by Crippen LogP contribution is -2.23. The molecule has 0 fully saturated rings. The summed E-state index contributed by atoms with van der Waals surface area (Å²) >= 11 is 0. The van der Waals surface area contributed by atoms with Gasteiger partial charge in [0.25, 0.3) is 0 Å². The summed E-state index contributed by atoms with van der Waals surface area (Å²) in [6.45, 7) is 1.35. The summed E-state index contributed by atoms with van der Waals surface area (Å²) in [7, 11) is 0. The number of rotatable bonds is 2. The molecule has 0 aromatic heterocycles. The first-order chi connectivity index (χ1) is 6.13. The Kier molecular flexibility index (Phi) is 2.74. The third-order valence-electron chi connectivity index (χ3n) is 1.58. The van der Waals surface area contributed by atoms with Gasteiger partial charge in [-0.2, -0.15) is 0 Å². The third-order valence-corrected chi connectivity index (χ3v) is 1.58. The van der Waals surface area contributed by atoms with E-state index >= 15 is 0 Å². The summed E-state index contributed by atoms with van der Waals surface area (Å²) in [6.07, 6.45) is 4.82. The average Bonchev–Trinajstić information content (AvgIpc) is 2.03. The molecule has 1 amide bonds. The van der Waals surface area contributed by atoms with Crippen molar-refractivity contribution in [1.29, 1.82) is 0 Å². The number of carbonyl (C=O) groups is 3. The predicted octanol–water partition coefficient (Wildman–Crippen LogP) is -0.0396. The standard InChI is InChI=1S/C9H9NO3/c1-6(12)10-8-3-2-7(5-11)9(13)4-8/h2-5,7H,1H3,(H,10,12). The SMILES string of the molecule is CC(=O)NC1=CC(=O)C(C=O)C=C1. The second kappa shape index (κ2) is 3.80. The summed E-state index contributed by atoms with van der Waals surface area (Å²) < 4.78 is 0. The van der Waals surface area contributed by atoms with E-state index in [1.807, 2.05) is 0 Å². The average molecular weight is 179 g/mol. The number of carbonyl (C=O) groups excluding carboxylic acids is 3. The Hall–Kier alpha value is -1.71. The van der Waals surface area contributed by atoms with E-state index in [1.165, 1.54) is 19.1 Å². The van der Waals surface area contributed by atoms with Crippen LogP contribution in [0.5, 0.6) is 0 Å². The van der Waals surface area contributed by atoms with Crippen molar-refractivity contribution in [3.05, 3.63) is 23.9 Å². The molecule has 68 valence electrons. The zero-order chi connectivity index (χ0) is 9.84. The molecule has 0 bridgehead atoms. The van der Waals surface area contributed by atoms with Crippen LogP contribution in [0.15, 0.2) is 23.9 Å². The number of nitrogens with one attached hydrogen (secondary N) is 1. The highest BCUT2D eigenvalue weighted by atomic mass is 16.2. The minimum Gasteiger partial charge on any atom is -0.326 e. The molecule has 0 heterocycles. The lowest BCUT2D eigenvalue weighted by molar-refractivity contribution is -0.122. The smallest absolute Gasteiger partial charge is 0.221 e.